The minimum Gasteiger partial charge on any atom is -0.385 e. The first-order chi connectivity index (χ1) is 30.8. The van der Waals surface area contributed by atoms with Crippen molar-refractivity contribution in [3.8, 4) is 11.1 Å². The summed E-state index contributed by atoms with van der Waals surface area (Å²) < 4.78 is 0. The van der Waals surface area contributed by atoms with Crippen molar-refractivity contribution in [1.29, 1.82) is 0 Å². The second kappa shape index (κ2) is 17.5. The summed E-state index contributed by atoms with van der Waals surface area (Å²) in [6.45, 7) is 20.3. The number of fused-ring (bicyclic) bond motifs is 3. The van der Waals surface area contributed by atoms with E-state index in [-0.39, 0.29) is 21.7 Å². The molecule has 64 heavy (non-hydrogen) atoms. The van der Waals surface area contributed by atoms with Crippen LogP contribution in [0.25, 0.3) is 11.1 Å². The lowest BCUT2D eigenvalue weighted by Crippen LogP contribution is -2.43. The molecule has 2 fully saturated rings. The highest BCUT2D eigenvalue weighted by atomic mass is 15.1. The average molecular weight is 849 g/mol. The van der Waals surface area contributed by atoms with Crippen LogP contribution in [0.1, 0.15) is 142 Å². The Hall–Kier alpha value is -5.48. The Balaban J connectivity index is 1.16. The van der Waals surface area contributed by atoms with Gasteiger partial charge in [0, 0.05) is 69.4 Å². The van der Waals surface area contributed by atoms with E-state index in [0.717, 1.165) is 13.1 Å². The molecule has 0 atom stereocenters. The second-order valence-corrected chi connectivity index (χ2v) is 21.3. The van der Waals surface area contributed by atoms with Crippen LogP contribution in [0.2, 0.25) is 0 Å². The molecule has 0 bridgehead atoms. The van der Waals surface area contributed by atoms with Gasteiger partial charge in [-0.2, -0.15) is 0 Å². The lowest BCUT2D eigenvalue weighted by molar-refractivity contribution is 0.299. The molecular weight excluding hydrogens is 777 g/mol. The van der Waals surface area contributed by atoms with Gasteiger partial charge in [0.1, 0.15) is 0 Å². The largest absolute Gasteiger partial charge is 0.385 e. The van der Waals surface area contributed by atoms with Crippen molar-refractivity contribution >= 4 is 45.5 Å². The Kier molecular flexibility index (Phi) is 12.0. The molecule has 0 heterocycles. The molecule has 9 rings (SSSR count). The molecule has 6 aromatic rings. The zero-order valence-corrected chi connectivity index (χ0v) is 40.1. The molecule has 0 spiro atoms. The molecule has 4 nitrogen and oxygen atoms in total. The Morgan fingerprint density at radius 3 is 1.05 bits per heavy atom. The van der Waals surface area contributed by atoms with E-state index in [1.807, 2.05) is 0 Å². The van der Waals surface area contributed by atoms with E-state index in [2.05, 4.69) is 209 Å². The van der Waals surface area contributed by atoms with Gasteiger partial charge >= 0.3 is 0 Å². The summed E-state index contributed by atoms with van der Waals surface area (Å²) in [6.07, 6.45) is 12.2. The van der Waals surface area contributed by atoms with Gasteiger partial charge in [-0.25, -0.2) is 0 Å². The predicted molar refractivity (Wildman–Crippen MR) is 276 cm³/mol. The summed E-state index contributed by atoms with van der Waals surface area (Å²) in [7, 11) is 0. The SMILES string of the molecule is CCCCNc1ccc(N(c2ccc(C(C)(C)C)cc2)c2ccc3c(c2)C24CCCC2(CCC4)c2cc(N(c4ccc(NCCCC)cc4)c4ccc(C(C)(C)C)cc4)ccc2-3)cc1. The molecule has 3 aliphatic rings. The first-order valence-corrected chi connectivity index (χ1v) is 24.6. The summed E-state index contributed by atoms with van der Waals surface area (Å²) in [4.78, 5) is 4.99. The fraction of sp³-hybridized carbons (Fsp3) is 0.400. The van der Waals surface area contributed by atoms with Gasteiger partial charge in [-0.05, 0) is 180 Å². The van der Waals surface area contributed by atoms with Gasteiger partial charge in [0.15, 0.2) is 0 Å². The third-order valence-corrected chi connectivity index (χ3v) is 15.1. The van der Waals surface area contributed by atoms with Gasteiger partial charge in [-0.3, -0.25) is 0 Å². The molecule has 332 valence electrons. The smallest absolute Gasteiger partial charge is 0.0465 e. The fourth-order valence-electron chi connectivity index (χ4n) is 11.6. The van der Waals surface area contributed by atoms with Crippen molar-refractivity contribution < 1.29 is 0 Å². The van der Waals surface area contributed by atoms with Crippen molar-refractivity contribution in [2.75, 3.05) is 33.5 Å². The highest BCUT2D eigenvalue weighted by Gasteiger charge is 2.62. The van der Waals surface area contributed by atoms with Crippen molar-refractivity contribution in [3.63, 3.8) is 0 Å². The minimum atomic E-state index is 0.0889. The van der Waals surface area contributed by atoms with Gasteiger partial charge in [-0.1, -0.05) is 117 Å². The first-order valence-electron chi connectivity index (χ1n) is 24.6. The van der Waals surface area contributed by atoms with Crippen LogP contribution in [0.15, 0.2) is 133 Å². The molecule has 0 aromatic heterocycles. The highest BCUT2D eigenvalue weighted by molar-refractivity contribution is 5.87. The van der Waals surface area contributed by atoms with E-state index in [9.17, 15) is 0 Å². The van der Waals surface area contributed by atoms with E-state index in [1.54, 1.807) is 11.1 Å². The van der Waals surface area contributed by atoms with E-state index >= 15 is 0 Å². The first kappa shape index (κ1) is 43.8. The third-order valence-electron chi connectivity index (χ3n) is 15.1. The van der Waals surface area contributed by atoms with Gasteiger partial charge in [0.25, 0.3) is 0 Å². The molecule has 0 radical (unpaired) electrons. The molecule has 0 unspecified atom stereocenters. The highest BCUT2D eigenvalue weighted by Crippen LogP contribution is 2.70. The Morgan fingerprint density at radius 1 is 0.422 bits per heavy atom. The van der Waals surface area contributed by atoms with Crippen LogP contribution in [-0.4, -0.2) is 13.1 Å². The van der Waals surface area contributed by atoms with Crippen LogP contribution in [0.5, 0.6) is 0 Å². The fourth-order valence-corrected chi connectivity index (χ4v) is 11.6. The summed E-state index contributed by atoms with van der Waals surface area (Å²) >= 11 is 0. The van der Waals surface area contributed by atoms with Crippen LogP contribution >= 0.6 is 0 Å². The number of anilines is 8. The van der Waals surface area contributed by atoms with E-state index in [4.69, 9.17) is 0 Å². The van der Waals surface area contributed by atoms with Crippen molar-refractivity contribution in [2.24, 2.45) is 0 Å². The van der Waals surface area contributed by atoms with Crippen molar-refractivity contribution in [2.45, 2.75) is 141 Å². The lowest BCUT2D eigenvalue weighted by Gasteiger charge is -2.48. The Morgan fingerprint density at radius 2 is 0.734 bits per heavy atom. The number of nitrogens with one attached hydrogen (secondary N) is 2. The normalized spacial score (nSPS) is 18.8. The lowest BCUT2D eigenvalue weighted by atomic mass is 9.55. The predicted octanol–water partition coefficient (Wildman–Crippen LogP) is 17.2. The maximum absolute atomic E-state index is 3.64. The molecular formula is C60H72N4. The summed E-state index contributed by atoms with van der Waals surface area (Å²) in [5.41, 5.74) is 18.7. The van der Waals surface area contributed by atoms with Crippen molar-refractivity contribution in [1.82, 2.24) is 0 Å². The zero-order chi connectivity index (χ0) is 44.7. The van der Waals surface area contributed by atoms with Gasteiger partial charge < -0.3 is 20.4 Å². The number of rotatable bonds is 14. The van der Waals surface area contributed by atoms with E-state index < -0.39 is 0 Å². The van der Waals surface area contributed by atoms with Crippen LogP contribution < -0.4 is 20.4 Å². The molecule has 2 N–H and O–H groups in total. The number of nitrogens with zero attached hydrogens (tertiary/aromatic N) is 2. The van der Waals surface area contributed by atoms with Gasteiger partial charge in [-0.15, -0.1) is 0 Å². The van der Waals surface area contributed by atoms with Gasteiger partial charge in [0.2, 0.25) is 0 Å². The second-order valence-electron chi connectivity index (χ2n) is 21.3. The number of hydrogen-bond donors (Lipinski definition) is 2. The molecule has 6 aromatic carbocycles. The number of benzene rings is 6. The maximum atomic E-state index is 3.64. The average Bonchev–Trinajstić information content (AvgIpc) is 3.87. The van der Waals surface area contributed by atoms with Gasteiger partial charge in [0.05, 0.1) is 0 Å². The van der Waals surface area contributed by atoms with Crippen LogP contribution in [0.4, 0.5) is 45.5 Å². The third kappa shape index (κ3) is 8.01. The number of unbranched alkanes of at least 4 members (excludes halogenated alkanes) is 2. The molecule has 4 heteroatoms. The summed E-state index contributed by atoms with van der Waals surface area (Å²) in [5.74, 6) is 0. The van der Waals surface area contributed by atoms with E-state index in [1.165, 1.54) is 132 Å². The topological polar surface area (TPSA) is 30.5 Å². The standard InChI is InChI=1S/C60H72N4/c1-9-11-39-61-45-19-27-49(28-20-45)63(47-23-15-43(16-24-47)57(3,4)5)51-31-33-53-54-34-32-52(42-56(54)60-37-13-35-59(60,36-14-38-60)55(53)41-51)64(48-25-17-44(18-26-48)58(6,7)8)50-29-21-46(22-30-50)62-40-12-10-2/h15-34,41-42,61-62H,9-14,35-40H2,1-8H3. The summed E-state index contributed by atoms with van der Waals surface area (Å²) in [6, 6.07) is 51.8. The van der Waals surface area contributed by atoms with Crippen LogP contribution in [-0.2, 0) is 21.7 Å². The van der Waals surface area contributed by atoms with E-state index in [0.29, 0.717) is 0 Å². The maximum Gasteiger partial charge on any atom is 0.0465 e. The summed E-state index contributed by atoms with van der Waals surface area (Å²) in [5, 5.41) is 7.28. The molecule has 0 aliphatic heterocycles. The molecule has 2 saturated carbocycles. The Bertz CT molecular complexity index is 2350. The zero-order valence-electron chi connectivity index (χ0n) is 40.1. The quantitative estimate of drug-likeness (QED) is 0.107. The van der Waals surface area contributed by atoms with Crippen LogP contribution in [0, 0.1) is 0 Å². The van der Waals surface area contributed by atoms with Crippen molar-refractivity contribution in [3.05, 3.63) is 156 Å². The minimum absolute atomic E-state index is 0.0889. The van der Waals surface area contributed by atoms with Crippen LogP contribution in [0.3, 0.4) is 0 Å². The Labute approximate surface area is 385 Å². The monoisotopic (exact) mass is 849 g/mol. The molecule has 0 amide bonds. The molecule has 0 saturated heterocycles. The molecule has 3 aliphatic carbocycles. The number of hydrogen-bond acceptors (Lipinski definition) is 4.